The van der Waals surface area contributed by atoms with E-state index in [2.05, 4.69) is 15.6 Å². The number of pyridine rings is 1. The van der Waals surface area contributed by atoms with Crippen LogP contribution in [0.25, 0.3) is 0 Å². The zero-order valence-electron chi connectivity index (χ0n) is 11.5. The minimum atomic E-state index is -0.590. The number of hydrogen-bond donors (Lipinski definition) is 2. The minimum Gasteiger partial charge on any atom is -0.345 e. The summed E-state index contributed by atoms with van der Waals surface area (Å²) in [5.74, 6) is -0.142. The summed E-state index contributed by atoms with van der Waals surface area (Å²) in [6, 6.07) is 9.67. The van der Waals surface area contributed by atoms with Crippen LogP contribution in [0.4, 0.5) is 11.5 Å². The third kappa shape index (κ3) is 4.86. The first-order valence-corrected chi connectivity index (χ1v) is 7.38. The first kappa shape index (κ1) is 17.1. The summed E-state index contributed by atoms with van der Waals surface area (Å²) >= 11 is 17.4. The van der Waals surface area contributed by atoms with Crippen molar-refractivity contribution in [3.05, 3.63) is 63.4 Å². The van der Waals surface area contributed by atoms with E-state index in [0.717, 1.165) is 0 Å². The minimum absolute atomic E-state index is 0.132. The molecule has 0 fully saturated rings. The van der Waals surface area contributed by atoms with Gasteiger partial charge in [0.2, 0.25) is 0 Å². The molecule has 0 radical (unpaired) electrons. The summed E-state index contributed by atoms with van der Waals surface area (Å²) in [5.41, 5.74) is 0.294. The number of amides is 1. The van der Waals surface area contributed by atoms with Crippen molar-refractivity contribution in [2.24, 2.45) is 0 Å². The van der Waals surface area contributed by atoms with E-state index in [-0.39, 0.29) is 5.57 Å². The molecule has 0 bridgehead atoms. The molecule has 0 aliphatic rings. The predicted molar refractivity (Wildman–Crippen MR) is 91.7 cm³/mol. The van der Waals surface area contributed by atoms with Crippen LogP contribution in [0.5, 0.6) is 0 Å². The van der Waals surface area contributed by atoms with Crippen LogP contribution in [-0.4, -0.2) is 10.9 Å². The maximum absolute atomic E-state index is 12.1. The first-order valence-electron chi connectivity index (χ1n) is 6.24. The second-order valence-corrected chi connectivity index (χ2v) is 5.51. The number of benzene rings is 1. The van der Waals surface area contributed by atoms with Crippen LogP contribution in [-0.2, 0) is 4.79 Å². The molecule has 5 nitrogen and oxygen atoms in total. The van der Waals surface area contributed by atoms with Crippen LogP contribution in [0.3, 0.4) is 0 Å². The lowest BCUT2D eigenvalue weighted by atomic mass is 10.2. The lowest BCUT2D eigenvalue weighted by Crippen LogP contribution is -2.14. The topological polar surface area (TPSA) is 77.8 Å². The highest BCUT2D eigenvalue weighted by atomic mass is 35.5. The van der Waals surface area contributed by atoms with Gasteiger partial charge in [0, 0.05) is 18.1 Å². The van der Waals surface area contributed by atoms with Gasteiger partial charge >= 0.3 is 0 Å². The van der Waals surface area contributed by atoms with Crippen LogP contribution in [0.2, 0.25) is 15.1 Å². The van der Waals surface area contributed by atoms with Crippen molar-refractivity contribution < 1.29 is 4.79 Å². The fourth-order valence-electron chi connectivity index (χ4n) is 1.53. The summed E-state index contributed by atoms with van der Waals surface area (Å²) < 4.78 is 0. The molecule has 1 aromatic carbocycles. The Morgan fingerprint density at radius 1 is 1.17 bits per heavy atom. The van der Waals surface area contributed by atoms with E-state index >= 15 is 0 Å². The molecule has 0 spiro atoms. The van der Waals surface area contributed by atoms with Gasteiger partial charge in [-0.25, -0.2) is 4.98 Å². The Hall–Kier alpha value is -2.26. The molecule has 0 atom stereocenters. The van der Waals surface area contributed by atoms with Crippen LogP contribution in [0.1, 0.15) is 0 Å². The number of nitriles is 1. The fraction of sp³-hybridized carbons (Fsp3) is 0. The van der Waals surface area contributed by atoms with Crippen molar-refractivity contribution in [2.45, 2.75) is 0 Å². The maximum Gasteiger partial charge on any atom is 0.267 e. The molecule has 8 heteroatoms. The van der Waals surface area contributed by atoms with E-state index < -0.39 is 5.91 Å². The number of hydrogen-bond acceptors (Lipinski definition) is 4. The molecule has 1 heterocycles. The molecule has 2 rings (SSSR count). The molecule has 0 aliphatic heterocycles. The Morgan fingerprint density at radius 2 is 1.96 bits per heavy atom. The van der Waals surface area contributed by atoms with Crippen molar-refractivity contribution in [3.8, 4) is 6.07 Å². The second kappa shape index (κ2) is 7.84. The van der Waals surface area contributed by atoms with E-state index in [0.29, 0.717) is 26.6 Å². The molecule has 1 aromatic heterocycles. The van der Waals surface area contributed by atoms with Crippen molar-refractivity contribution in [2.75, 3.05) is 10.6 Å². The fourth-order valence-corrected chi connectivity index (χ4v) is 1.94. The molecule has 0 unspecified atom stereocenters. The summed E-state index contributed by atoms with van der Waals surface area (Å²) in [6.07, 6.45) is 2.70. The van der Waals surface area contributed by atoms with Crippen LogP contribution < -0.4 is 10.6 Å². The Bertz CT molecular complexity index is 797. The summed E-state index contributed by atoms with van der Waals surface area (Å²) in [7, 11) is 0. The van der Waals surface area contributed by atoms with Crippen molar-refractivity contribution in [1.29, 1.82) is 5.26 Å². The van der Waals surface area contributed by atoms with Gasteiger partial charge in [-0.3, -0.25) is 4.79 Å². The van der Waals surface area contributed by atoms with Crippen LogP contribution in [0, 0.1) is 11.3 Å². The normalized spacial score (nSPS) is 10.8. The van der Waals surface area contributed by atoms with Gasteiger partial charge in [0.1, 0.15) is 17.5 Å². The third-order valence-corrected chi connectivity index (χ3v) is 3.60. The number of carbonyl (C=O) groups is 1. The van der Waals surface area contributed by atoms with Gasteiger partial charge in [-0.15, -0.1) is 0 Å². The van der Waals surface area contributed by atoms with Gasteiger partial charge in [-0.2, -0.15) is 5.26 Å². The van der Waals surface area contributed by atoms with E-state index in [1.54, 1.807) is 30.3 Å². The van der Waals surface area contributed by atoms with Gasteiger partial charge in [-0.05, 0) is 30.3 Å². The number of carbonyl (C=O) groups excluding carboxylic acids is 1. The Labute approximate surface area is 147 Å². The molecule has 116 valence electrons. The van der Waals surface area contributed by atoms with Crippen LogP contribution >= 0.6 is 34.8 Å². The quantitative estimate of drug-likeness (QED) is 0.616. The third-order valence-electron chi connectivity index (χ3n) is 2.63. The molecule has 0 saturated carbocycles. The largest absolute Gasteiger partial charge is 0.345 e. The van der Waals surface area contributed by atoms with Gasteiger partial charge in [0.15, 0.2) is 0 Å². The van der Waals surface area contributed by atoms with Crippen molar-refractivity contribution in [1.82, 2.24) is 4.98 Å². The van der Waals surface area contributed by atoms with E-state index in [1.165, 1.54) is 18.5 Å². The summed E-state index contributed by atoms with van der Waals surface area (Å²) in [4.78, 5) is 16.0. The molecule has 23 heavy (non-hydrogen) atoms. The zero-order valence-corrected chi connectivity index (χ0v) is 13.7. The Balaban J connectivity index is 2.08. The number of anilines is 2. The van der Waals surface area contributed by atoms with Gasteiger partial charge < -0.3 is 10.6 Å². The van der Waals surface area contributed by atoms with Gasteiger partial charge in [0.05, 0.1) is 15.1 Å². The maximum atomic E-state index is 12.1. The van der Waals surface area contributed by atoms with Crippen molar-refractivity contribution in [3.63, 3.8) is 0 Å². The number of aromatic nitrogens is 1. The lowest BCUT2D eigenvalue weighted by molar-refractivity contribution is -0.112. The Kier molecular flexibility index (Phi) is 5.83. The predicted octanol–water partition coefficient (Wildman–Crippen LogP) is 4.50. The van der Waals surface area contributed by atoms with Crippen molar-refractivity contribution >= 4 is 52.2 Å². The highest BCUT2D eigenvalue weighted by molar-refractivity contribution is 6.42. The summed E-state index contributed by atoms with van der Waals surface area (Å²) in [5, 5.41) is 15.5. The highest BCUT2D eigenvalue weighted by Gasteiger charge is 2.10. The highest BCUT2D eigenvalue weighted by Crippen LogP contribution is 2.25. The summed E-state index contributed by atoms with van der Waals surface area (Å²) in [6.45, 7) is 0. The average Bonchev–Trinajstić information content (AvgIpc) is 2.53. The first-order chi connectivity index (χ1) is 11.0. The molecular formula is C15H9Cl3N4O. The second-order valence-electron chi connectivity index (χ2n) is 4.26. The van der Waals surface area contributed by atoms with E-state index in [9.17, 15) is 4.79 Å². The lowest BCUT2D eigenvalue weighted by Gasteiger charge is -2.06. The number of rotatable bonds is 4. The van der Waals surface area contributed by atoms with E-state index in [4.69, 9.17) is 40.1 Å². The van der Waals surface area contributed by atoms with Gasteiger partial charge in [-0.1, -0.05) is 34.8 Å². The molecule has 0 saturated heterocycles. The zero-order chi connectivity index (χ0) is 16.8. The molecule has 1 amide bonds. The Morgan fingerprint density at radius 3 is 2.57 bits per heavy atom. The molecule has 2 aromatic rings. The van der Waals surface area contributed by atoms with Crippen LogP contribution in [0.15, 0.2) is 48.3 Å². The molecule has 2 N–H and O–H groups in total. The number of nitrogens with zero attached hydrogens (tertiary/aromatic N) is 2. The standard InChI is InChI=1S/C15H9Cl3N4O/c16-10-1-4-14(21-8-10)20-7-9(6-19)15(23)22-11-2-3-12(17)13(18)5-11/h1-5,7-8H,(H,20,21)(H,22,23)/b9-7-. The molecule has 0 aliphatic carbocycles. The monoisotopic (exact) mass is 366 g/mol. The number of nitrogens with one attached hydrogen (secondary N) is 2. The van der Waals surface area contributed by atoms with E-state index in [1.807, 2.05) is 0 Å². The van der Waals surface area contributed by atoms with Gasteiger partial charge in [0.25, 0.3) is 5.91 Å². The smallest absolute Gasteiger partial charge is 0.267 e. The number of halogens is 3. The average molecular weight is 368 g/mol. The SMILES string of the molecule is N#C/C(=C/Nc1ccc(Cl)cn1)C(=O)Nc1ccc(Cl)c(Cl)c1. The molecular weight excluding hydrogens is 359 g/mol.